The topological polar surface area (TPSA) is 46.9 Å². The van der Waals surface area contributed by atoms with Crippen LogP contribution in [0, 0.1) is 0 Å². The highest BCUT2D eigenvalue weighted by molar-refractivity contribution is 5.91. The minimum atomic E-state index is -0.141. The number of aromatic nitrogens is 2. The van der Waals surface area contributed by atoms with Gasteiger partial charge in [0.25, 0.3) is 0 Å². The lowest BCUT2D eigenvalue weighted by atomic mass is 10.1. The molecule has 2 aromatic rings. The first-order valence-electron chi connectivity index (χ1n) is 6.55. The van der Waals surface area contributed by atoms with Gasteiger partial charge in [0.15, 0.2) is 0 Å². The standard InChI is InChI=1S/C16H19N3O/c1-12(2)16(20)17-10-15-18-14(11-19(15)3)9-13-7-5-4-6-8-13/h4-8,11H,1,9-10H2,2-3H3,(H,17,20). The second-order valence-corrected chi connectivity index (χ2v) is 4.88. The molecule has 0 saturated heterocycles. The molecule has 1 amide bonds. The van der Waals surface area contributed by atoms with Crippen LogP contribution >= 0.6 is 0 Å². The molecule has 1 N–H and O–H groups in total. The highest BCUT2D eigenvalue weighted by Gasteiger charge is 2.08. The lowest BCUT2D eigenvalue weighted by Crippen LogP contribution is -2.24. The Hall–Kier alpha value is -2.36. The number of nitrogens with one attached hydrogen (secondary N) is 1. The molecule has 1 aromatic carbocycles. The van der Waals surface area contributed by atoms with Crippen molar-refractivity contribution in [3.8, 4) is 0 Å². The average molecular weight is 269 g/mol. The number of benzene rings is 1. The maximum atomic E-state index is 11.5. The number of hydrogen-bond acceptors (Lipinski definition) is 2. The molecule has 0 radical (unpaired) electrons. The van der Waals surface area contributed by atoms with Gasteiger partial charge in [-0.05, 0) is 12.5 Å². The van der Waals surface area contributed by atoms with Crippen LogP contribution in [-0.2, 0) is 24.8 Å². The SMILES string of the molecule is C=C(C)C(=O)NCc1nc(Cc2ccccc2)cn1C. The normalized spacial score (nSPS) is 10.3. The molecule has 0 spiro atoms. The first kappa shape index (κ1) is 14.1. The summed E-state index contributed by atoms with van der Waals surface area (Å²) in [6.07, 6.45) is 2.79. The van der Waals surface area contributed by atoms with E-state index in [0.717, 1.165) is 17.9 Å². The van der Waals surface area contributed by atoms with E-state index in [1.165, 1.54) is 5.56 Å². The summed E-state index contributed by atoms with van der Waals surface area (Å²) in [5, 5.41) is 2.79. The van der Waals surface area contributed by atoms with Crippen LogP contribution in [0.1, 0.15) is 24.0 Å². The summed E-state index contributed by atoms with van der Waals surface area (Å²) in [5.41, 5.74) is 2.73. The van der Waals surface area contributed by atoms with Gasteiger partial charge in [-0.2, -0.15) is 0 Å². The summed E-state index contributed by atoms with van der Waals surface area (Å²) in [6, 6.07) is 10.2. The Labute approximate surface area is 119 Å². The van der Waals surface area contributed by atoms with Gasteiger partial charge in [-0.15, -0.1) is 0 Å². The number of nitrogens with zero attached hydrogens (tertiary/aromatic N) is 2. The molecule has 2 rings (SSSR count). The monoisotopic (exact) mass is 269 g/mol. The summed E-state index contributed by atoms with van der Waals surface area (Å²) in [5.74, 6) is 0.697. The van der Waals surface area contributed by atoms with E-state index in [2.05, 4.69) is 29.0 Å². The van der Waals surface area contributed by atoms with Crippen molar-refractivity contribution in [1.29, 1.82) is 0 Å². The van der Waals surface area contributed by atoms with Gasteiger partial charge in [-0.25, -0.2) is 4.98 Å². The third kappa shape index (κ3) is 3.57. The van der Waals surface area contributed by atoms with Crippen molar-refractivity contribution in [1.82, 2.24) is 14.9 Å². The Morgan fingerprint density at radius 3 is 2.70 bits per heavy atom. The number of hydrogen-bond donors (Lipinski definition) is 1. The van der Waals surface area contributed by atoms with E-state index in [9.17, 15) is 4.79 Å². The van der Waals surface area contributed by atoms with Gasteiger partial charge in [0.2, 0.25) is 5.91 Å². The molecule has 1 heterocycles. The lowest BCUT2D eigenvalue weighted by molar-refractivity contribution is -0.117. The van der Waals surface area contributed by atoms with Crippen molar-refractivity contribution in [2.75, 3.05) is 0 Å². The Morgan fingerprint density at radius 2 is 2.05 bits per heavy atom. The molecular formula is C16H19N3O. The van der Waals surface area contributed by atoms with Gasteiger partial charge in [0.05, 0.1) is 12.2 Å². The first-order valence-corrected chi connectivity index (χ1v) is 6.55. The molecule has 104 valence electrons. The quantitative estimate of drug-likeness (QED) is 0.846. The largest absolute Gasteiger partial charge is 0.345 e. The Bertz CT molecular complexity index is 614. The molecule has 0 aliphatic rings. The van der Waals surface area contributed by atoms with E-state index >= 15 is 0 Å². The fourth-order valence-electron chi connectivity index (χ4n) is 1.94. The molecule has 20 heavy (non-hydrogen) atoms. The van der Waals surface area contributed by atoms with Crippen LogP contribution in [-0.4, -0.2) is 15.5 Å². The summed E-state index contributed by atoms with van der Waals surface area (Å²) in [7, 11) is 1.93. The van der Waals surface area contributed by atoms with Gasteiger partial charge >= 0.3 is 0 Å². The van der Waals surface area contributed by atoms with Crippen LogP contribution in [0.2, 0.25) is 0 Å². The molecule has 0 atom stereocenters. The van der Waals surface area contributed by atoms with Gasteiger partial charge in [0, 0.05) is 25.2 Å². The molecule has 0 unspecified atom stereocenters. The molecule has 4 heteroatoms. The van der Waals surface area contributed by atoms with Crippen molar-refractivity contribution in [3.05, 3.63) is 65.8 Å². The summed E-state index contributed by atoms with van der Waals surface area (Å²) >= 11 is 0. The second kappa shape index (κ2) is 6.19. The van der Waals surface area contributed by atoms with E-state index < -0.39 is 0 Å². The molecular weight excluding hydrogens is 250 g/mol. The minimum absolute atomic E-state index is 0.141. The zero-order valence-electron chi connectivity index (χ0n) is 11.9. The third-order valence-electron chi connectivity index (χ3n) is 3.05. The number of carbonyl (C=O) groups is 1. The van der Waals surface area contributed by atoms with Crippen molar-refractivity contribution >= 4 is 5.91 Å². The second-order valence-electron chi connectivity index (χ2n) is 4.88. The summed E-state index contributed by atoms with van der Waals surface area (Å²) in [6.45, 7) is 5.71. The maximum Gasteiger partial charge on any atom is 0.246 e. The molecule has 4 nitrogen and oxygen atoms in total. The van der Waals surface area contributed by atoms with Crippen LogP contribution in [0.15, 0.2) is 48.7 Å². The van der Waals surface area contributed by atoms with Crippen LogP contribution < -0.4 is 5.32 Å². The molecule has 0 bridgehead atoms. The van der Waals surface area contributed by atoms with Gasteiger partial charge in [0.1, 0.15) is 5.82 Å². The number of rotatable bonds is 5. The Balaban J connectivity index is 2.02. The Kier molecular flexibility index (Phi) is 4.35. The van der Waals surface area contributed by atoms with Crippen LogP contribution in [0.4, 0.5) is 0 Å². The summed E-state index contributed by atoms with van der Waals surface area (Å²) < 4.78 is 1.94. The first-order chi connectivity index (χ1) is 9.56. The molecule has 0 fully saturated rings. The third-order valence-corrected chi connectivity index (χ3v) is 3.05. The van der Waals surface area contributed by atoms with Gasteiger partial charge in [-0.1, -0.05) is 36.9 Å². The smallest absolute Gasteiger partial charge is 0.246 e. The zero-order valence-corrected chi connectivity index (χ0v) is 11.9. The van der Waals surface area contributed by atoms with Crippen molar-refractivity contribution < 1.29 is 4.79 Å². The molecule has 0 aliphatic carbocycles. The van der Waals surface area contributed by atoms with E-state index in [-0.39, 0.29) is 5.91 Å². The van der Waals surface area contributed by atoms with E-state index in [1.54, 1.807) is 6.92 Å². The highest BCUT2D eigenvalue weighted by atomic mass is 16.1. The number of aryl methyl sites for hydroxylation is 1. The lowest BCUT2D eigenvalue weighted by Gasteiger charge is -2.04. The molecule has 0 saturated carbocycles. The number of imidazole rings is 1. The van der Waals surface area contributed by atoms with Gasteiger partial charge < -0.3 is 9.88 Å². The molecule has 0 aliphatic heterocycles. The number of carbonyl (C=O) groups excluding carboxylic acids is 1. The molecule has 1 aromatic heterocycles. The van der Waals surface area contributed by atoms with Crippen LogP contribution in [0.25, 0.3) is 0 Å². The van der Waals surface area contributed by atoms with Crippen LogP contribution in [0.3, 0.4) is 0 Å². The van der Waals surface area contributed by atoms with Crippen molar-refractivity contribution in [2.45, 2.75) is 19.9 Å². The van der Waals surface area contributed by atoms with E-state index in [0.29, 0.717) is 12.1 Å². The van der Waals surface area contributed by atoms with E-state index in [1.807, 2.05) is 36.0 Å². The van der Waals surface area contributed by atoms with Crippen molar-refractivity contribution in [3.63, 3.8) is 0 Å². The number of amides is 1. The van der Waals surface area contributed by atoms with Crippen LogP contribution in [0.5, 0.6) is 0 Å². The minimum Gasteiger partial charge on any atom is -0.345 e. The fourth-order valence-corrected chi connectivity index (χ4v) is 1.94. The predicted molar refractivity (Wildman–Crippen MR) is 79.1 cm³/mol. The van der Waals surface area contributed by atoms with Gasteiger partial charge in [-0.3, -0.25) is 4.79 Å². The maximum absolute atomic E-state index is 11.5. The fraction of sp³-hybridized carbons (Fsp3) is 0.250. The average Bonchev–Trinajstić information content (AvgIpc) is 2.77. The zero-order chi connectivity index (χ0) is 14.5. The highest BCUT2D eigenvalue weighted by Crippen LogP contribution is 2.09. The Morgan fingerprint density at radius 1 is 1.35 bits per heavy atom. The summed E-state index contributed by atoms with van der Waals surface area (Å²) in [4.78, 5) is 16.0. The predicted octanol–water partition coefficient (Wildman–Crippen LogP) is 2.20. The van der Waals surface area contributed by atoms with E-state index in [4.69, 9.17) is 0 Å². The van der Waals surface area contributed by atoms with Crippen molar-refractivity contribution in [2.24, 2.45) is 7.05 Å².